The van der Waals surface area contributed by atoms with Crippen molar-refractivity contribution >= 4 is 6.29 Å². The largest absolute Gasteiger partial charge is 0.303 e. The minimum atomic E-state index is 0.357. The van der Waals surface area contributed by atoms with Crippen molar-refractivity contribution in [3.8, 4) is 0 Å². The van der Waals surface area contributed by atoms with E-state index in [2.05, 4.69) is 6.58 Å². The summed E-state index contributed by atoms with van der Waals surface area (Å²) in [5.41, 5.74) is 0. The first-order chi connectivity index (χ1) is 5.36. The molecule has 0 aliphatic heterocycles. The number of hydrogen-bond donors (Lipinski definition) is 0. The second-order valence-corrected chi connectivity index (χ2v) is 3.44. The first-order valence-corrected chi connectivity index (χ1v) is 4.43. The molecule has 0 aromatic heterocycles. The fraction of sp³-hybridized carbons (Fsp3) is 0.700. The summed E-state index contributed by atoms with van der Waals surface area (Å²) in [4.78, 5) is 10.4. The van der Waals surface area contributed by atoms with Crippen molar-refractivity contribution < 1.29 is 4.79 Å². The monoisotopic (exact) mass is 152 g/mol. The normalized spacial score (nSPS) is 31.3. The molecule has 1 aliphatic rings. The van der Waals surface area contributed by atoms with E-state index in [1.807, 2.05) is 6.08 Å². The summed E-state index contributed by atoms with van der Waals surface area (Å²) >= 11 is 0. The van der Waals surface area contributed by atoms with Crippen LogP contribution in [0.5, 0.6) is 0 Å². The topological polar surface area (TPSA) is 17.1 Å². The van der Waals surface area contributed by atoms with Gasteiger partial charge in [0, 0.05) is 5.92 Å². The van der Waals surface area contributed by atoms with Gasteiger partial charge in [0.2, 0.25) is 0 Å². The van der Waals surface area contributed by atoms with Gasteiger partial charge in [0.25, 0.3) is 0 Å². The molecular weight excluding hydrogens is 136 g/mol. The fourth-order valence-corrected chi connectivity index (χ4v) is 1.80. The molecule has 1 aliphatic carbocycles. The predicted octanol–water partition coefficient (Wildman–Crippen LogP) is 2.57. The van der Waals surface area contributed by atoms with E-state index in [4.69, 9.17) is 0 Å². The maximum absolute atomic E-state index is 10.4. The summed E-state index contributed by atoms with van der Waals surface area (Å²) in [7, 11) is 0. The van der Waals surface area contributed by atoms with Crippen LogP contribution in [0.1, 0.15) is 32.1 Å². The van der Waals surface area contributed by atoms with Gasteiger partial charge in [0.1, 0.15) is 6.29 Å². The van der Waals surface area contributed by atoms with Gasteiger partial charge < -0.3 is 4.79 Å². The van der Waals surface area contributed by atoms with Crippen LogP contribution >= 0.6 is 0 Å². The number of carbonyl (C=O) groups excluding carboxylic acids is 1. The molecule has 1 saturated carbocycles. The van der Waals surface area contributed by atoms with Gasteiger partial charge >= 0.3 is 0 Å². The molecule has 1 heteroatoms. The van der Waals surface area contributed by atoms with Crippen LogP contribution in [-0.2, 0) is 4.79 Å². The van der Waals surface area contributed by atoms with Crippen LogP contribution in [0.2, 0.25) is 0 Å². The minimum absolute atomic E-state index is 0.357. The van der Waals surface area contributed by atoms with E-state index < -0.39 is 0 Å². The Kier molecular flexibility index (Phi) is 3.34. The molecule has 0 saturated heterocycles. The van der Waals surface area contributed by atoms with Gasteiger partial charge in [-0.3, -0.25) is 0 Å². The Morgan fingerprint density at radius 2 is 1.91 bits per heavy atom. The molecule has 11 heavy (non-hydrogen) atoms. The smallest absolute Gasteiger partial charge is 0.123 e. The zero-order chi connectivity index (χ0) is 8.10. The highest BCUT2D eigenvalue weighted by atomic mass is 16.1. The molecule has 0 unspecified atom stereocenters. The van der Waals surface area contributed by atoms with Crippen molar-refractivity contribution in [2.24, 2.45) is 11.8 Å². The summed E-state index contributed by atoms with van der Waals surface area (Å²) in [6, 6.07) is 0. The number of carbonyl (C=O) groups is 1. The lowest BCUT2D eigenvalue weighted by Gasteiger charge is -2.23. The third-order valence-corrected chi connectivity index (χ3v) is 2.58. The number of allylic oxidation sites excluding steroid dienone is 1. The highest BCUT2D eigenvalue weighted by molar-refractivity contribution is 5.53. The minimum Gasteiger partial charge on any atom is -0.303 e. The van der Waals surface area contributed by atoms with Crippen LogP contribution < -0.4 is 0 Å². The Bertz CT molecular complexity index is 132. The van der Waals surface area contributed by atoms with Gasteiger partial charge in [-0.15, -0.1) is 6.58 Å². The molecule has 1 rings (SSSR count). The van der Waals surface area contributed by atoms with Gasteiger partial charge in [-0.05, 0) is 38.0 Å². The highest BCUT2D eigenvalue weighted by Crippen LogP contribution is 2.29. The van der Waals surface area contributed by atoms with Crippen LogP contribution in [0.15, 0.2) is 12.7 Å². The first-order valence-electron chi connectivity index (χ1n) is 4.43. The molecule has 0 aromatic carbocycles. The van der Waals surface area contributed by atoms with Crippen LogP contribution in [0.3, 0.4) is 0 Å². The summed E-state index contributed by atoms with van der Waals surface area (Å²) in [5, 5.41) is 0. The van der Waals surface area contributed by atoms with Crippen molar-refractivity contribution in [1.82, 2.24) is 0 Å². The Hall–Kier alpha value is -0.590. The average Bonchev–Trinajstić information content (AvgIpc) is 2.07. The Labute approximate surface area is 68.5 Å². The fourth-order valence-electron chi connectivity index (χ4n) is 1.80. The van der Waals surface area contributed by atoms with Crippen molar-refractivity contribution in [3.63, 3.8) is 0 Å². The maximum Gasteiger partial charge on any atom is 0.123 e. The number of hydrogen-bond acceptors (Lipinski definition) is 1. The van der Waals surface area contributed by atoms with Crippen LogP contribution in [0, 0.1) is 11.8 Å². The lowest BCUT2D eigenvalue weighted by atomic mass is 9.81. The van der Waals surface area contributed by atoms with E-state index in [0.29, 0.717) is 5.92 Å². The van der Waals surface area contributed by atoms with Gasteiger partial charge in [0.05, 0.1) is 0 Å². The SMILES string of the molecule is C=CC[C@H]1CC[C@H](C=O)CC1. The molecule has 1 fully saturated rings. The molecule has 0 atom stereocenters. The van der Waals surface area contributed by atoms with E-state index in [-0.39, 0.29) is 0 Å². The molecule has 0 bridgehead atoms. The summed E-state index contributed by atoms with van der Waals surface area (Å²) < 4.78 is 0. The van der Waals surface area contributed by atoms with Crippen molar-refractivity contribution in [2.75, 3.05) is 0 Å². The Morgan fingerprint density at radius 1 is 1.27 bits per heavy atom. The Balaban J connectivity index is 2.23. The second kappa shape index (κ2) is 4.32. The van der Waals surface area contributed by atoms with Crippen molar-refractivity contribution in [2.45, 2.75) is 32.1 Å². The van der Waals surface area contributed by atoms with Gasteiger partial charge in [-0.2, -0.15) is 0 Å². The third kappa shape index (κ3) is 2.49. The van der Waals surface area contributed by atoms with E-state index in [0.717, 1.165) is 31.5 Å². The van der Waals surface area contributed by atoms with Gasteiger partial charge in [-0.25, -0.2) is 0 Å². The molecular formula is C10H16O. The average molecular weight is 152 g/mol. The van der Waals surface area contributed by atoms with E-state index in [9.17, 15) is 4.79 Å². The van der Waals surface area contributed by atoms with E-state index in [1.54, 1.807) is 0 Å². The summed E-state index contributed by atoms with van der Waals surface area (Å²) in [6.07, 6.45) is 8.87. The Morgan fingerprint density at radius 3 is 2.36 bits per heavy atom. The summed E-state index contributed by atoms with van der Waals surface area (Å²) in [6.45, 7) is 3.72. The quantitative estimate of drug-likeness (QED) is 0.448. The molecule has 62 valence electrons. The van der Waals surface area contributed by atoms with Gasteiger partial charge in [-0.1, -0.05) is 6.08 Å². The number of rotatable bonds is 3. The molecule has 1 nitrogen and oxygen atoms in total. The van der Waals surface area contributed by atoms with Crippen molar-refractivity contribution in [1.29, 1.82) is 0 Å². The lowest BCUT2D eigenvalue weighted by Crippen LogP contribution is -2.14. The molecule has 0 heterocycles. The van der Waals surface area contributed by atoms with E-state index >= 15 is 0 Å². The maximum atomic E-state index is 10.4. The molecule has 0 radical (unpaired) electrons. The second-order valence-electron chi connectivity index (χ2n) is 3.44. The van der Waals surface area contributed by atoms with E-state index in [1.165, 1.54) is 12.8 Å². The molecule has 0 spiro atoms. The highest BCUT2D eigenvalue weighted by Gasteiger charge is 2.18. The summed E-state index contributed by atoms with van der Waals surface area (Å²) in [5.74, 6) is 1.17. The third-order valence-electron chi connectivity index (χ3n) is 2.58. The molecule has 0 aromatic rings. The zero-order valence-electron chi connectivity index (χ0n) is 6.96. The number of aldehydes is 1. The van der Waals surface area contributed by atoms with Crippen LogP contribution in [0.25, 0.3) is 0 Å². The van der Waals surface area contributed by atoms with Crippen LogP contribution in [-0.4, -0.2) is 6.29 Å². The predicted molar refractivity (Wildman–Crippen MR) is 46.3 cm³/mol. The molecule has 0 N–H and O–H groups in total. The van der Waals surface area contributed by atoms with Gasteiger partial charge in [0.15, 0.2) is 0 Å². The lowest BCUT2D eigenvalue weighted by molar-refractivity contribution is -0.112. The van der Waals surface area contributed by atoms with Crippen molar-refractivity contribution in [3.05, 3.63) is 12.7 Å². The standard InChI is InChI=1S/C10H16O/c1-2-3-9-4-6-10(8-11)7-5-9/h2,8-10H,1,3-7H2/t9-,10-. The first kappa shape index (κ1) is 8.51. The zero-order valence-corrected chi connectivity index (χ0v) is 6.96. The van der Waals surface area contributed by atoms with Crippen LogP contribution in [0.4, 0.5) is 0 Å². The molecule has 0 amide bonds.